The van der Waals surface area contributed by atoms with Gasteiger partial charge in [0.25, 0.3) is 5.91 Å². The van der Waals surface area contributed by atoms with Gasteiger partial charge < -0.3 is 0 Å². The molecule has 116 valence electrons. The molecule has 0 unspecified atom stereocenters. The van der Waals surface area contributed by atoms with Gasteiger partial charge in [-0.15, -0.1) is 0 Å². The number of piperidine rings is 1. The Labute approximate surface area is 143 Å². The second kappa shape index (κ2) is 6.01. The maximum atomic E-state index is 12.7. The SMILES string of the molecule is CC1(C)CCCC(C)(C)N1NC(=O)c1cc(Br)ccc1Br. The first-order valence-electron chi connectivity index (χ1n) is 7.20. The predicted molar refractivity (Wildman–Crippen MR) is 93.2 cm³/mol. The van der Waals surface area contributed by atoms with Crippen molar-refractivity contribution in [3.63, 3.8) is 0 Å². The van der Waals surface area contributed by atoms with E-state index >= 15 is 0 Å². The van der Waals surface area contributed by atoms with E-state index in [4.69, 9.17) is 0 Å². The van der Waals surface area contributed by atoms with Crippen molar-refractivity contribution >= 4 is 37.8 Å². The monoisotopic (exact) mass is 416 g/mol. The van der Waals surface area contributed by atoms with Gasteiger partial charge in [0.05, 0.1) is 5.56 Å². The van der Waals surface area contributed by atoms with Crippen LogP contribution in [0.15, 0.2) is 27.1 Å². The van der Waals surface area contributed by atoms with Crippen LogP contribution in [0.3, 0.4) is 0 Å². The molecule has 0 atom stereocenters. The zero-order valence-corrected chi connectivity index (χ0v) is 16.1. The summed E-state index contributed by atoms with van der Waals surface area (Å²) in [6, 6.07) is 5.63. The Morgan fingerprint density at radius 2 is 1.71 bits per heavy atom. The molecule has 0 aliphatic carbocycles. The highest BCUT2D eigenvalue weighted by Crippen LogP contribution is 2.36. The van der Waals surface area contributed by atoms with Crippen molar-refractivity contribution < 1.29 is 4.79 Å². The molecule has 1 fully saturated rings. The summed E-state index contributed by atoms with van der Waals surface area (Å²) in [5, 5.41) is 2.12. The lowest BCUT2D eigenvalue weighted by Gasteiger charge is -2.52. The fraction of sp³-hybridized carbons (Fsp3) is 0.562. The average molecular weight is 418 g/mol. The fourth-order valence-corrected chi connectivity index (χ4v) is 3.92. The third-order valence-electron chi connectivity index (χ3n) is 4.17. The molecule has 0 aromatic heterocycles. The Hall–Kier alpha value is -0.390. The molecule has 0 bridgehead atoms. The number of hydrogen-bond donors (Lipinski definition) is 1. The van der Waals surface area contributed by atoms with Gasteiger partial charge in [-0.1, -0.05) is 15.9 Å². The first kappa shape index (κ1) is 17.0. The summed E-state index contributed by atoms with van der Waals surface area (Å²) in [6.07, 6.45) is 3.35. The number of benzene rings is 1. The summed E-state index contributed by atoms with van der Waals surface area (Å²) in [7, 11) is 0. The van der Waals surface area contributed by atoms with Gasteiger partial charge >= 0.3 is 0 Å². The van der Waals surface area contributed by atoms with Gasteiger partial charge in [0.1, 0.15) is 0 Å². The van der Waals surface area contributed by atoms with Crippen LogP contribution >= 0.6 is 31.9 Å². The number of nitrogens with zero attached hydrogens (tertiary/aromatic N) is 1. The topological polar surface area (TPSA) is 32.3 Å². The summed E-state index contributed by atoms with van der Waals surface area (Å²) >= 11 is 6.87. The molecule has 21 heavy (non-hydrogen) atoms. The predicted octanol–water partition coefficient (Wildman–Crippen LogP) is 4.90. The van der Waals surface area contributed by atoms with Crippen LogP contribution in [-0.4, -0.2) is 22.0 Å². The number of hydrogen-bond acceptors (Lipinski definition) is 2. The number of nitrogens with one attached hydrogen (secondary N) is 1. The quantitative estimate of drug-likeness (QED) is 0.742. The second-order valence-electron chi connectivity index (χ2n) is 6.88. The van der Waals surface area contributed by atoms with Crippen LogP contribution in [0, 0.1) is 0 Å². The van der Waals surface area contributed by atoms with Crippen molar-refractivity contribution in [3.05, 3.63) is 32.7 Å². The van der Waals surface area contributed by atoms with Crippen molar-refractivity contribution in [2.24, 2.45) is 0 Å². The molecule has 1 aromatic carbocycles. The van der Waals surface area contributed by atoms with Gasteiger partial charge in [-0.25, -0.2) is 5.01 Å². The Morgan fingerprint density at radius 1 is 1.14 bits per heavy atom. The fourth-order valence-electron chi connectivity index (χ4n) is 3.13. The van der Waals surface area contributed by atoms with E-state index in [1.165, 1.54) is 6.42 Å². The Kier molecular flexibility index (Phi) is 4.86. The van der Waals surface area contributed by atoms with E-state index in [9.17, 15) is 4.79 Å². The molecule has 0 spiro atoms. The standard InChI is InChI=1S/C16H22Br2N2O/c1-15(2)8-5-9-16(3,4)20(15)19-14(21)12-10-11(17)6-7-13(12)18/h6-7,10H,5,8-9H2,1-4H3,(H,19,21). The molecule has 1 saturated heterocycles. The van der Waals surface area contributed by atoms with Crippen molar-refractivity contribution in [1.29, 1.82) is 0 Å². The lowest BCUT2D eigenvalue weighted by atomic mass is 9.81. The summed E-state index contributed by atoms with van der Waals surface area (Å²) < 4.78 is 1.70. The second-order valence-corrected chi connectivity index (χ2v) is 8.65. The Balaban J connectivity index is 2.26. The van der Waals surface area contributed by atoms with Crippen LogP contribution in [-0.2, 0) is 0 Å². The normalized spacial score (nSPS) is 21.0. The van der Waals surface area contributed by atoms with Crippen LogP contribution in [0.2, 0.25) is 0 Å². The summed E-state index contributed by atoms with van der Waals surface area (Å²) in [6.45, 7) is 8.74. The van der Waals surface area contributed by atoms with Crippen LogP contribution in [0.5, 0.6) is 0 Å². The first-order chi connectivity index (χ1) is 9.63. The highest BCUT2D eigenvalue weighted by atomic mass is 79.9. The molecule has 1 amide bonds. The van der Waals surface area contributed by atoms with Crippen LogP contribution in [0.1, 0.15) is 57.3 Å². The van der Waals surface area contributed by atoms with Gasteiger partial charge in [0, 0.05) is 20.0 Å². The van der Waals surface area contributed by atoms with E-state index in [0.29, 0.717) is 5.56 Å². The molecule has 1 aromatic rings. The van der Waals surface area contributed by atoms with Crippen molar-refractivity contribution in [3.8, 4) is 0 Å². The van der Waals surface area contributed by atoms with E-state index in [2.05, 4.69) is 70.0 Å². The lowest BCUT2D eigenvalue weighted by molar-refractivity contribution is -0.0612. The summed E-state index contributed by atoms with van der Waals surface area (Å²) in [4.78, 5) is 12.7. The summed E-state index contributed by atoms with van der Waals surface area (Å²) in [5.41, 5.74) is 3.68. The summed E-state index contributed by atoms with van der Waals surface area (Å²) in [5.74, 6) is -0.0776. The minimum absolute atomic E-state index is 0.0457. The molecule has 1 heterocycles. The van der Waals surface area contributed by atoms with Gasteiger partial charge in [-0.05, 0) is 81.1 Å². The van der Waals surface area contributed by atoms with Crippen LogP contribution in [0.25, 0.3) is 0 Å². The number of amides is 1. The zero-order valence-electron chi connectivity index (χ0n) is 13.0. The van der Waals surface area contributed by atoms with Crippen molar-refractivity contribution in [2.45, 2.75) is 58.0 Å². The smallest absolute Gasteiger partial charge is 0.266 e. The number of rotatable bonds is 2. The molecule has 1 aliphatic heterocycles. The zero-order chi connectivity index (χ0) is 15.8. The maximum Gasteiger partial charge on any atom is 0.266 e. The molecule has 0 saturated carbocycles. The molecule has 2 rings (SSSR count). The van der Waals surface area contributed by atoms with E-state index in [1.54, 1.807) is 0 Å². The third-order valence-corrected chi connectivity index (χ3v) is 5.36. The molecule has 1 aliphatic rings. The minimum atomic E-state index is -0.0776. The van der Waals surface area contributed by atoms with E-state index in [1.807, 2.05) is 18.2 Å². The molecule has 0 radical (unpaired) electrons. The number of carbonyl (C=O) groups is 1. The lowest BCUT2D eigenvalue weighted by Crippen LogP contribution is -2.65. The third kappa shape index (κ3) is 3.69. The highest BCUT2D eigenvalue weighted by Gasteiger charge is 2.42. The van der Waals surface area contributed by atoms with Crippen molar-refractivity contribution in [2.75, 3.05) is 0 Å². The van der Waals surface area contributed by atoms with Crippen LogP contribution < -0.4 is 5.43 Å². The van der Waals surface area contributed by atoms with Gasteiger partial charge in [-0.3, -0.25) is 10.2 Å². The van der Waals surface area contributed by atoms with Crippen LogP contribution in [0.4, 0.5) is 0 Å². The molecule has 1 N–H and O–H groups in total. The van der Waals surface area contributed by atoms with Gasteiger partial charge in [0.2, 0.25) is 0 Å². The molecule has 5 heteroatoms. The van der Waals surface area contributed by atoms with Gasteiger partial charge in [0.15, 0.2) is 0 Å². The van der Waals surface area contributed by atoms with Crippen molar-refractivity contribution in [1.82, 2.24) is 10.4 Å². The highest BCUT2D eigenvalue weighted by molar-refractivity contribution is 9.11. The number of halogens is 2. The van der Waals surface area contributed by atoms with E-state index in [0.717, 1.165) is 21.8 Å². The minimum Gasteiger partial charge on any atom is -0.284 e. The average Bonchev–Trinajstić information content (AvgIpc) is 2.36. The largest absolute Gasteiger partial charge is 0.284 e. The van der Waals surface area contributed by atoms with Gasteiger partial charge in [-0.2, -0.15) is 0 Å². The molecular weight excluding hydrogens is 396 g/mol. The number of carbonyl (C=O) groups excluding carboxylic acids is 1. The maximum absolute atomic E-state index is 12.7. The number of hydrazine groups is 1. The van der Waals surface area contributed by atoms with E-state index < -0.39 is 0 Å². The molecule has 3 nitrogen and oxygen atoms in total. The van der Waals surface area contributed by atoms with E-state index in [-0.39, 0.29) is 17.0 Å². The first-order valence-corrected chi connectivity index (χ1v) is 8.78. The Bertz CT molecular complexity index is 539. The molecular formula is C16H22Br2N2O. The Morgan fingerprint density at radius 3 is 2.29 bits per heavy atom.